The van der Waals surface area contributed by atoms with Crippen LogP contribution in [0.15, 0.2) is 0 Å². The van der Waals surface area contributed by atoms with Gasteiger partial charge in [-0.2, -0.15) is 13.2 Å². The van der Waals surface area contributed by atoms with Crippen molar-refractivity contribution in [3.05, 3.63) is 0 Å². The summed E-state index contributed by atoms with van der Waals surface area (Å²) in [5, 5.41) is 8.78. The van der Waals surface area contributed by atoms with E-state index in [1.165, 1.54) is 0 Å². The van der Waals surface area contributed by atoms with E-state index >= 15 is 0 Å². The van der Waals surface area contributed by atoms with Crippen LogP contribution in [0.25, 0.3) is 0 Å². The molecule has 10 heteroatoms. The number of carbonyl (C=O) groups is 1. The van der Waals surface area contributed by atoms with E-state index in [0.717, 1.165) is 0 Å². The van der Waals surface area contributed by atoms with E-state index < -0.39 is 12.1 Å². The first-order valence-electron chi connectivity index (χ1n) is 1.23. The van der Waals surface area contributed by atoms with Gasteiger partial charge in [-0.1, -0.05) is 0 Å². The van der Waals surface area contributed by atoms with E-state index in [4.69, 9.17) is 9.90 Å². The number of carboxylic acid groups (broad SMARTS) is 1. The van der Waals surface area contributed by atoms with Crippen molar-refractivity contribution in [2.45, 2.75) is 6.18 Å². The summed E-state index contributed by atoms with van der Waals surface area (Å²) < 4.78 is 31.5. The quantitative estimate of drug-likeness (QED) is 0.423. The Bertz CT molecular complexity index is 93.3. The van der Waals surface area contributed by atoms with E-state index in [1.54, 1.807) is 0 Å². The van der Waals surface area contributed by atoms with Crippen molar-refractivity contribution in [1.29, 1.82) is 0 Å². The number of rotatable bonds is 0. The van der Waals surface area contributed by atoms with Crippen LogP contribution in [0, 0.1) is 0 Å². The third kappa shape index (κ3) is 22.6. The summed E-state index contributed by atoms with van der Waals surface area (Å²) in [5.74, 6) is -3.01. The van der Waals surface area contributed by atoms with Crippen LogP contribution in [0.2, 0.25) is 0 Å². The van der Waals surface area contributed by atoms with Crippen molar-refractivity contribution in [2.24, 2.45) is 0 Å². The minimum atomic E-state index is -5.19. The summed E-state index contributed by atoms with van der Waals surface area (Å²) >= 11 is 0. The molecule has 0 aromatic heterocycles. The molecule has 12 heavy (non-hydrogen) atoms. The molecule has 0 fully saturated rings. The van der Waals surface area contributed by atoms with Crippen molar-refractivity contribution in [3.8, 4) is 0 Å². The van der Waals surface area contributed by atoms with Gasteiger partial charge in [-0.05, 0) is 0 Å². The normalized spacial score (nSPS) is 6.58. The molecule has 81 valence electrons. The first kappa shape index (κ1) is 41.5. The van der Waals surface area contributed by atoms with Gasteiger partial charge in [0.15, 0.2) is 0 Å². The zero-order valence-electron chi connectivity index (χ0n) is 5.28. The second kappa shape index (κ2) is 13.2. The first-order chi connectivity index (χ1) is 2.94. The fraction of sp³-hybridized carbons (Fsp3) is 0.500. The molecule has 0 aliphatic rings. The topological polar surface area (TPSA) is 166 Å². The van der Waals surface area contributed by atoms with Crippen molar-refractivity contribution >= 4 is 5.97 Å². The van der Waals surface area contributed by atoms with Gasteiger partial charge in [0.2, 0.25) is 0 Å². The molecule has 0 atom stereocenters. The van der Waals surface area contributed by atoms with Gasteiger partial charge in [-0.15, -0.1) is 0 Å². The van der Waals surface area contributed by atoms with Crippen LogP contribution in [0.5, 0.6) is 0 Å². The maximum Gasteiger partial charge on any atom is 2.00 e. The molecule has 0 aliphatic carbocycles. The van der Waals surface area contributed by atoms with Crippen LogP contribution in [-0.2, 0) is 21.6 Å². The smallest absolute Gasteiger partial charge is 0.542 e. The van der Waals surface area contributed by atoms with E-state index in [-0.39, 0.29) is 38.7 Å². The van der Waals surface area contributed by atoms with Crippen LogP contribution >= 0.6 is 0 Å². The van der Waals surface area contributed by atoms with Crippen molar-refractivity contribution < 1.29 is 61.8 Å². The van der Waals surface area contributed by atoms with Crippen molar-refractivity contribution in [1.82, 2.24) is 0 Å². The molecule has 0 heterocycles. The van der Waals surface area contributed by atoms with E-state index in [1.807, 2.05) is 0 Å². The van der Waals surface area contributed by atoms with Crippen LogP contribution < -0.4 is 5.11 Å². The SMILES string of the molecule is O.O.O.O.O=C([O-])C(F)(F)F.[Co+2]. The number of hydrogen-bond acceptors (Lipinski definition) is 2. The Hall–Kier alpha value is -0.394. The minimum Gasteiger partial charge on any atom is -0.542 e. The second-order valence-electron chi connectivity index (χ2n) is 0.785. The average molecular weight is 244 g/mol. The van der Waals surface area contributed by atoms with Crippen LogP contribution in [0.1, 0.15) is 0 Å². The fourth-order valence-electron chi connectivity index (χ4n) is 0. The van der Waals surface area contributed by atoms with Gasteiger partial charge in [0, 0.05) is 0 Å². The molecule has 0 amide bonds. The Morgan fingerprint density at radius 3 is 1.08 bits per heavy atom. The monoisotopic (exact) mass is 244 g/mol. The molecule has 0 aromatic carbocycles. The molecule has 0 bridgehead atoms. The molecular formula is C2H8CoF3O6+. The average Bonchev–Trinajstić information content (AvgIpc) is 1.31. The van der Waals surface area contributed by atoms with Crippen molar-refractivity contribution in [2.75, 3.05) is 0 Å². The second-order valence-corrected chi connectivity index (χ2v) is 0.785. The molecule has 0 aliphatic heterocycles. The first-order valence-corrected chi connectivity index (χ1v) is 1.23. The number of alkyl halides is 3. The predicted molar refractivity (Wildman–Crippen MR) is 25.5 cm³/mol. The summed E-state index contributed by atoms with van der Waals surface area (Å²) in [6.45, 7) is 0. The maximum atomic E-state index is 10.5. The van der Waals surface area contributed by atoms with E-state index in [9.17, 15) is 13.2 Å². The molecule has 0 saturated heterocycles. The van der Waals surface area contributed by atoms with Crippen LogP contribution in [0.3, 0.4) is 0 Å². The summed E-state index contributed by atoms with van der Waals surface area (Å²) in [4.78, 5) is 8.78. The summed E-state index contributed by atoms with van der Waals surface area (Å²) in [6.07, 6.45) is -5.19. The molecule has 0 saturated carbocycles. The molecule has 1 radical (unpaired) electrons. The van der Waals surface area contributed by atoms with Gasteiger partial charge >= 0.3 is 23.0 Å². The largest absolute Gasteiger partial charge is 2.00 e. The number of carbonyl (C=O) groups excluding carboxylic acids is 1. The Morgan fingerprint density at radius 1 is 1.00 bits per heavy atom. The summed E-state index contributed by atoms with van der Waals surface area (Å²) in [7, 11) is 0. The third-order valence-corrected chi connectivity index (χ3v) is 0.231. The summed E-state index contributed by atoms with van der Waals surface area (Å²) in [5.41, 5.74) is 0. The van der Waals surface area contributed by atoms with E-state index in [2.05, 4.69) is 0 Å². The molecule has 0 unspecified atom stereocenters. The Morgan fingerprint density at radius 2 is 1.08 bits per heavy atom. The number of aliphatic carboxylic acids is 1. The van der Waals surface area contributed by atoms with Gasteiger partial charge in [0.1, 0.15) is 5.97 Å². The molecule has 6 nitrogen and oxygen atoms in total. The number of carboxylic acids is 1. The third-order valence-electron chi connectivity index (χ3n) is 0.231. The van der Waals surface area contributed by atoms with Crippen molar-refractivity contribution in [3.63, 3.8) is 0 Å². The fourth-order valence-corrected chi connectivity index (χ4v) is 0. The standard InChI is InChI=1S/C2HF3O2.Co.4H2O/c3-2(4,5)1(6)7;;;;;/h(H,6,7);;4*1H2/q;+2;;;;/p-1. The molecule has 0 rings (SSSR count). The Kier molecular flexibility index (Phi) is 45.7. The predicted octanol–water partition coefficient (Wildman–Crippen LogP) is -4.00. The van der Waals surface area contributed by atoms with Gasteiger partial charge in [0.25, 0.3) is 0 Å². The van der Waals surface area contributed by atoms with Gasteiger partial charge in [-0.3, -0.25) is 0 Å². The minimum absolute atomic E-state index is 0. The molecule has 8 N–H and O–H groups in total. The van der Waals surface area contributed by atoms with Gasteiger partial charge < -0.3 is 31.8 Å². The zero-order chi connectivity index (χ0) is 6.08. The van der Waals surface area contributed by atoms with Crippen LogP contribution in [-0.4, -0.2) is 34.1 Å². The van der Waals surface area contributed by atoms with E-state index in [0.29, 0.717) is 0 Å². The summed E-state index contributed by atoms with van der Waals surface area (Å²) in [6, 6.07) is 0. The number of hydrogen-bond donors (Lipinski definition) is 0. The molecular weight excluding hydrogens is 236 g/mol. The molecule has 0 spiro atoms. The Labute approximate surface area is 74.8 Å². The maximum absolute atomic E-state index is 10.5. The Balaban J connectivity index is -0.0000000180. The molecule has 0 aromatic rings. The zero-order valence-corrected chi connectivity index (χ0v) is 6.32. The van der Waals surface area contributed by atoms with Crippen LogP contribution in [0.4, 0.5) is 13.2 Å². The number of halogens is 3. The van der Waals surface area contributed by atoms with Gasteiger partial charge in [-0.25, -0.2) is 0 Å². The van der Waals surface area contributed by atoms with Gasteiger partial charge in [0.05, 0.1) is 0 Å².